The fourth-order valence-corrected chi connectivity index (χ4v) is 3.43. The van der Waals surface area contributed by atoms with E-state index in [-0.39, 0.29) is 5.54 Å². The van der Waals surface area contributed by atoms with Crippen LogP contribution in [-0.4, -0.2) is 26.3 Å². The van der Waals surface area contributed by atoms with Gasteiger partial charge in [-0.2, -0.15) is 0 Å². The van der Waals surface area contributed by atoms with Crippen molar-refractivity contribution in [2.45, 2.75) is 44.1 Å². The van der Waals surface area contributed by atoms with Crippen LogP contribution in [0.4, 0.5) is 11.4 Å². The smallest absolute Gasteiger partial charge is 0.162 e. The second kappa shape index (κ2) is 5.43. The molecular weight excluding hydrogens is 252 g/mol. The lowest BCUT2D eigenvalue weighted by atomic mass is 9.87. The summed E-state index contributed by atoms with van der Waals surface area (Å²) >= 11 is 0. The van der Waals surface area contributed by atoms with E-state index in [1.165, 1.54) is 38.5 Å². The van der Waals surface area contributed by atoms with Gasteiger partial charge in [0.25, 0.3) is 0 Å². The predicted octanol–water partition coefficient (Wildman–Crippen LogP) is 3.63. The summed E-state index contributed by atoms with van der Waals surface area (Å²) in [5, 5.41) is 7.36. The van der Waals surface area contributed by atoms with Gasteiger partial charge in [-0.15, -0.1) is 0 Å². The summed E-state index contributed by atoms with van der Waals surface area (Å²) in [5.41, 5.74) is 2.46. The number of hydrogen-bond donors (Lipinski definition) is 2. The lowest BCUT2D eigenvalue weighted by Crippen LogP contribution is -2.47. The van der Waals surface area contributed by atoms with E-state index in [2.05, 4.69) is 10.6 Å². The van der Waals surface area contributed by atoms with Crippen LogP contribution in [0.15, 0.2) is 12.1 Å². The Morgan fingerprint density at radius 3 is 2.10 bits per heavy atom. The van der Waals surface area contributed by atoms with Crippen molar-refractivity contribution >= 4 is 11.4 Å². The van der Waals surface area contributed by atoms with E-state index in [4.69, 9.17) is 9.47 Å². The van der Waals surface area contributed by atoms with Gasteiger partial charge in [0.1, 0.15) is 0 Å². The normalized spacial score (nSPS) is 20.3. The predicted molar refractivity (Wildman–Crippen MR) is 82.1 cm³/mol. The van der Waals surface area contributed by atoms with Gasteiger partial charge in [-0.1, -0.05) is 25.7 Å². The minimum absolute atomic E-state index is 0.211. The first-order valence-corrected chi connectivity index (χ1v) is 7.54. The topological polar surface area (TPSA) is 42.5 Å². The third kappa shape index (κ3) is 2.39. The summed E-state index contributed by atoms with van der Waals surface area (Å²) in [7, 11) is 3.36. The molecule has 0 bridgehead atoms. The molecular formula is C16H24N2O2. The molecule has 110 valence electrons. The van der Waals surface area contributed by atoms with Crippen molar-refractivity contribution < 1.29 is 9.47 Å². The number of benzene rings is 1. The molecule has 3 rings (SSSR count). The van der Waals surface area contributed by atoms with Crippen LogP contribution in [0.2, 0.25) is 0 Å². The van der Waals surface area contributed by atoms with E-state index >= 15 is 0 Å². The molecule has 0 saturated heterocycles. The molecule has 1 aliphatic heterocycles. The zero-order chi connectivity index (χ0) is 14.0. The van der Waals surface area contributed by atoms with Crippen LogP contribution in [0.25, 0.3) is 0 Å². The molecule has 1 fully saturated rings. The highest BCUT2D eigenvalue weighted by atomic mass is 16.5. The van der Waals surface area contributed by atoms with Gasteiger partial charge < -0.3 is 20.1 Å². The zero-order valence-electron chi connectivity index (χ0n) is 12.4. The van der Waals surface area contributed by atoms with Crippen LogP contribution in [0.5, 0.6) is 11.5 Å². The first-order chi connectivity index (χ1) is 9.76. The minimum atomic E-state index is 0.211. The first kappa shape index (κ1) is 13.4. The molecule has 0 atom stereocenters. The number of hydrogen-bond acceptors (Lipinski definition) is 4. The van der Waals surface area contributed by atoms with Gasteiger partial charge in [-0.3, -0.25) is 0 Å². The Bertz CT molecular complexity index is 480. The van der Waals surface area contributed by atoms with Crippen molar-refractivity contribution in [3.63, 3.8) is 0 Å². The fourth-order valence-electron chi connectivity index (χ4n) is 3.43. The monoisotopic (exact) mass is 276 g/mol. The van der Waals surface area contributed by atoms with E-state index in [0.717, 1.165) is 29.4 Å². The lowest BCUT2D eigenvalue weighted by molar-refractivity contribution is 0.354. The van der Waals surface area contributed by atoms with Crippen molar-refractivity contribution in [1.82, 2.24) is 0 Å². The van der Waals surface area contributed by atoms with Crippen molar-refractivity contribution in [1.29, 1.82) is 0 Å². The van der Waals surface area contributed by atoms with E-state index < -0.39 is 0 Å². The zero-order valence-corrected chi connectivity index (χ0v) is 12.4. The molecule has 0 amide bonds. The number of methoxy groups -OCH3 is 2. The summed E-state index contributed by atoms with van der Waals surface area (Å²) in [6.07, 6.45) is 7.85. The average Bonchev–Trinajstić information content (AvgIpc) is 2.71. The maximum atomic E-state index is 5.41. The van der Waals surface area contributed by atoms with Crippen LogP contribution in [-0.2, 0) is 0 Å². The van der Waals surface area contributed by atoms with E-state index in [9.17, 15) is 0 Å². The van der Waals surface area contributed by atoms with Gasteiger partial charge in [0, 0.05) is 18.7 Å². The van der Waals surface area contributed by atoms with Crippen molar-refractivity contribution in [2.24, 2.45) is 0 Å². The molecule has 20 heavy (non-hydrogen) atoms. The highest BCUT2D eigenvalue weighted by molar-refractivity contribution is 5.77. The summed E-state index contributed by atoms with van der Waals surface area (Å²) in [5.74, 6) is 1.56. The third-order valence-corrected chi connectivity index (χ3v) is 4.60. The lowest BCUT2D eigenvalue weighted by Gasteiger charge is -2.40. The molecule has 4 nitrogen and oxygen atoms in total. The molecule has 1 aliphatic carbocycles. The standard InChI is InChI=1S/C16H24N2O2/c1-19-14-9-12-13(10-15(14)20-2)18-16(11-17-12)7-5-3-4-6-8-16/h9-10,17-18H,3-8,11H2,1-2H3. The van der Waals surface area contributed by atoms with Crippen LogP contribution >= 0.6 is 0 Å². The molecule has 1 aromatic rings. The van der Waals surface area contributed by atoms with Gasteiger partial charge in [0.2, 0.25) is 0 Å². The third-order valence-electron chi connectivity index (χ3n) is 4.60. The summed E-state index contributed by atoms with van der Waals surface area (Å²) in [6, 6.07) is 4.07. The molecule has 0 unspecified atom stereocenters. The summed E-state index contributed by atoms with van der Waals surface area (Å²) < 4.78 is 10.8. The second-order valence-electron chi connectivity index (χ2n) is 5.93. The number of anilines is 2. The number of ether oxygens (including phenoxy) is 2. The maximum Gasteiger partial charge on any atom is 0.162 e. The van der Waals surface area contributed by atoms with Gasteiger partial charge in [-0.25, -0.2) is 0 Å². The Morgan fingerprint density at radius 2 is 1.50 bits per heavy atom. The Hall–Kier alpha value is -1.58. The fraction of sp³-hybridized carbons (Fsp3) is 0.625. The molecule has 1 saturated carbocycles. The van der Waals surface area contributed by atoms with E-state index in [1.807, 2.05) is 12.1 Å². The van der Waals surface area contributed by atoms with Crippen LogP contribution in [0, 0.1) is 0 Å². The van der Waals surface area contributed by atoms with Gasteiger partial charge in [0.15, 0.2) is 11.5 Å². The van der Waals surface area contributed by atoms with Crippen molar-refractivity contribution in [3.05, 3.63) is 12.1 Å². The number of fused-ring (bicyclic) bond motifs is 1. The largest absolute Gasteiger partial charge is 0.493 e. The highest BCUT2D eigenvalue weighted by Crippen LogP contribution is 2.42. The first-order valence-electron chi connectivity index (χ1n) is 7.54. The van der Waals surface area contributed by atoms with Crippen LogP contribution in [0.1, 0.15) is 38.5 Å². The Kier molecular flexibility index (Phi) is 3.64. The minimum Gasteiger partial charge on any atom is -0.493 e. The van der Waals surface area contributed by atoms with Gasteiger partial charge in [-0.05, 0) is 12.8 Å². The maximum absolute atomic E-state index is 5.41. The molecule has 1 heterocycles. The summed E-state index contributed by atoms with van der Waals surface area (Å²) in [4.78, 5) is 0. The molecule has 2 aliphatic rings. The van der Waals surface area contributed by atoms with Crippen molar-refractivity contribution in [2.75, 3.05) is 31.4 Å². The van der Waals surface area contributed by atoms with E-state index in [0.29, 0.717) is 0 Å². The number of rotatable bonds is 2. The molecule has 0 aromatic heterocycles. The highest BCUT2D eigenvalue weighted by Gasteiger charge is 2.34. The Morgan fingerprint density at radius 1 is 0.900 bits per heavy atom. The van der Waals surface area contributed by atoms with Crippen molar-refractivity contribution in [3.8, 4) is 11.5 Å². The average molecular weight is 276 g/mol. The molecule has 2 N–H and O–H groups in total. The molecule has 4 heteroatoms. The van der Waals surface area contributed by atoms with Crippen LogP contribution in [0.3, 0.4) is 0 Å². The SMILES string of the molecule is COc1cc2c(cc1OC)NC1(CCCCCC1)CN2. The Labute approximate surface area is 120 Å². The van der Waals surface area contributed by atoms with Gasteiger partial charge >= 0.3 is 0 Å². The molecule has 1 spiro atoms. The quantitative estimate of drug-likeness (QED) is 0.865. The van der Waals surface area contributed by atoms with Crippen LogP contribution < -0.4 is 20.1 Å². The Balaban J connectivity index is 1.90. The van der Waals surface area contributed by atoms with Gasteiger partial charge in [0.05, 0.1) is 31.1 Å². The van der Waals surface area contributed by atoms with E-state index in [1.54, 1.807) is 14.2 Å². The summed E-state index contributed by atoms with van der Waals surface area (Å²) in [6.45, 7) is 0.996. The molecule has 0 radical (unpaired) electrons. The number of nitrogens with one attached hydrogen (secondary N) is 2. The second-order valence-corrected chi connectivity index (χ2v) is 5.93. The molecule has 1 aromatic carbocycles.